The van der Waals surface area contributed by atoms with Gasteiger partial charge in [-0.3, -0.25) is 4.79 Å². The van der Waals surface area contributed by atoms with E-state index in [0.29, 0.717) is 19.8 Å². The molecule has 0 aromatic carbocycles. The summed E-state index contributed by atoms with van der Waals surface area (Å²) in [6.07, 6.45) is -0.290. The maximum absolute atomic E-state index is 10.6. The Hall–Kier alpha value is -0.320. The van der Waals surface area contributed by atoms with Gasteiger partial charge in [0.1, 0.15) is 5.88 Å². The molecule has 1 aliphatic rings. The van der Waals surface area contributed by atoms with Crippen molar-refractivity contribution < 1.29 is 14.3 Å². The smallest absolute Gasteiger partial charge is 0.235 e. The minimum atomic E-state index is -0.290. The molecule has 1 saturated heterocycles. The maximum atomic E-state index is 10.6. The number of rotatable bonds is 3. The number of hydrogen-bond donors (Lipinski definition) is 1. The standard InChI is InChI=1S/C6H10ClNO3/c7-3-5(9)8-4-6-10-1-2-11-6/h6H,1-4H2,(H,8,9). The van der Waals surface area contributed by atoms with Crippen LogP contribution in [0, 0.1) is 0 Å². The summed E-state index contributed by atoms with van der Waals surface area (Å²) in [5, 5.41) is 2.55. The third kappa shape index (κ3) is 3.05. The van der Waals surface area contributed by atoms with Gasteiger partial charge in [0.05, 0.1) is 19.8 Å². The van der Waals surface area contributed by atoms with Crippen molar-refractivity contribution in [2.45, 2.75) is 6.29 Å². The van der Waals surface area contributed by atoms with Crippen molar-refractivity contribution >= 4 is 17.5 Å². The molecule has 0 unspecified atom stereocenters. The number of halogens is 1. The molecular formula is C6H10ClNO3. The van der Waals surface area contributed by atoms with Crippen LogP contribution >= 0.6 is 11.6 Å². The number of carbonyl (C=O) groups excluding carboxylic acids is 1. The second-order valence-corrected chi connectivity index (χ2v) is 2.38. The highest BCUT2D eigenvalue weighted by Gasteiger charge is 2.15. The molecule has 64 valence electrons. The molecule has 0 bridgehead atoms. The molecule has 0 aromatic rings. The highest BCUT2D eigenvalue weighted by Crippen LogP contribution is 2.00. The van der Waals surface area contributed by atoms with Crippen LogP contribution in [0.1, 0.15) is 0 Å². The number of hydrogen-bond acceptors (Lipinski definition) is 3. The van der Waals surface area contributed by atoms with Gasteiger partial charge in [0.25, 0.3) is 0 Å². The molecule has 0 aromatic heterocycles. The van der Waals surface area contributed by atoms with Crippen molar-refractivity contribution in [3.8, 4) is 0 Å². The Labute approximate surface area is 69.8 Å². The third-order valence-electron chi connectivity index (χ3n) is 1.28. The largest absolute Gasteiger partial charge is 0.350 e. The van der Waals surface area contributed by atoms with E-state index in [1.807, 2.05) is 0 Å². The van der Waals surface area contributed by atoms with E-state index < -0.39 is 0 Å². The first-order valence-electron chi connectivity index (χ1n) is 3.39. The summed E-state index contributed by atoms with van der Waals surface area (Å²) in [6.45, 7) is 1.58. The molecule has 1 amide bonds. The highest BCUT2D eigenvalue weighted by atomic mass is 35.5. The van der Waals surface area contributed by atoms with Crippen LogP contribution in [0.2, 0.25) is 0 Å². The van der Waals surface area contributed by atoms with Crippen molar-refractivity contribution in [1.82, 2.24) is 5.32 Å². The number of carbonyl (C=O) groups is 1. The summed E-state index contributed by atoms with van der Waals surface area (Å²) in [4.78, 5) is 10.6. The average Bonchev–Trinajstić information content (AvgIpc) is 2.52. The second kappa shape index (κ2) is 4.54. The predicted octanol–water partition coefficient (Wildman–Crippen LogP) is -0.286. The SMILES string of the molecule is O=C(CCl)NCC1OCCO1. The van der Waals surface area contributed by atoms with Crippen LogP contribution in [0.4, 0.5) is 0 Å². The topological polar surface area (TPSA) is 47.6 Å². The fraction of sp³-hybridized carbons (Fsp3) is 0.833. The lowest BCUT2D eigenvalue weighted by molar-refractivity contribution is -0.120. The van der Waals surface area contributed by atoms with Gasteiger partial charge >= 0.3 is 0 Å². The van der Waals surface area contributed by atoms with Crippen LogP contribution in [-0.2, 0) is 14.3 Å². The summed E-state index contributed by atoms with van der Waals surface area (Å²) in [6, 6.07) is 0. The molecule has 4 nitrogen and oxygen atoms in total. The Balaban J connectivity index is 2.06. The monoisotopic (exact) mass is 179 g/mol. The minimum Gasteiger partial charge on any atom is -0.350 e. The van der Waals surface area contributed by atoms with E-state index in [0.717, 1.165) is 0 Å². The van der Waals surface area contributed by atoms with Crippen LogP contribution < -0.4 is 5.32 Å². The van der Waals surface area contributed by atoms with Gasteiger partial charge in [-0.2, -0.15) is 0 Å². The molecule has 0 radical (unpaired) electrons. The summed E-state index contributed by atoms with van der Waals surface area (Å²) in [7, 11) is 0. The van der Waals surface area contributed by atoms with Crippen LogP contribution in [0.3, 0.4) is 0 Å². The molecule has 0 aliphatic carbocycles. The fourth-order valence-corrected chi connectivity index (χ4v) is 0.864. The van der Waals surface area contributed by atoms with Gasteiger partial charge in [-0.1, -0.05) is 0 Å². The summed E-state index contributed by atoms with van der Waals surface area (Å²) >= 11 is 5.24. The molecule has 11 heavy (non-hydrogen) atoms. The Morgan fingerprint density at radius 2 is 2.18 bits per heavy atom. The van der Waals surface area contributed by atoms with Gasteiger partial charge in [0.2, 0.25) is 5.91 Å². The first-order chi connectivity index (χ1) is 5.33. The van der Waals surface area contributed by atoms with Crippen LogP contribution in [-0.4, -0.2) is 37.8 Å². The van der Waals surface area contributed by atoms with Crippen LogP contribution in [0.25, 0.3) is 0 Å². The number of nitrogens with one attached hydrogen (secondary N) is 1. The molecule has 1 N–H and O–H groups in total. The quantitative estimate of drug-likeness (QED) is 0.606. The molecule has 0 spiro atoms. The Morgan fingerprint density at radius 3 is 2.73 bits per heavy atom. The molecule has 1 heterocycles. The minimum absolute atomic E-state index is 0.0211. The van der Waals surface area contributed by atoms with Gasteiger partial charge in [0.15, 0.2) is 6.29 Å². The molecule has 1 rings (SSSR count). The molecule has 5 heteroatoms. The van der Waals surface area contributed by atoms with E-state index in [4.69, 9.17) is 21.1 Å². The molecule has 1 aliphatic heterocycles. The molecule has 1 fully saturated rings. The summed E-state index contributed by atoms with van der Waals surface area (Å²) in [5.74, 6) is -0.224. The first-order valence-corrected chi connectivity index (χ1v) is 3.92. The van der Waals surface area contributed by atoms with Gasteiger partial charge in [-0.05, 0) is 0 Å². The number of ether oxygens (including phenoxy) is 2. The Kier molecular flexibility index (Phi) is 3.62. The predicted molar refractivity (Wildman–Crippen MR) is 39.4 cm³/mol. The lowest BCUT2D eigenvalue weighted by Crippen LogP contribution is -2.33. The zero-order valence-corrected chi connectivity index (χ0v) is 6.76. The third-order valence-corrected chi connectivity index (χ3v) is 1.52. The second-order valence-electron chi connectivity index (χ2n) is 2.11. The van der Waals surface area contributed by atoms with Gasteiger partial charge < -0.3 is 14.8 Å². The van der Waals surface area contributed by atoms with Crippen molar-refractivity contribution in [2.24, 2.45) is 0 Å². The van der Waals surface area contributed by atoms with Crippen molar-refractivity contribution in [1.29, 1.82) is 0 Å². The van der Waals surface area contributed by atoms with Crippen LogP contribution in [0.15, 0.2) is 0 Å². The van der Waals surface area contributed by atoms with Crippen molar-refractivity contribution in [3.05, 3.63) is 0 Å². The van der Waals surface area contributed by atoms with Gasteiger partial charge in [0, 0.05) is 0 Å². The van der Waals surface area contributed by atoms with E-state index in [9.17, 15) is 4.79 Å². The van der Waals surface area contributed by atoms with Crippen molar-refractivity contribution in [3.63, 3.8) is 0 Å². The highest BCUT2D eigenvalue weighted by molar-refractivity contribution is 6.27. The van der Waals surface area contributed by atoms with E-state index in [-0.39, 0.29) is 18.1 Å². The van der Waals surface area contributed by atoms with Crippen LogP contribution in [0.5, 0.6) is 0 Å². The van der Waals surface area contributed by atoms with E-state index in [1.165, 1.54) is 0 Å². The Morgan fingerprint density at radius 1 is 1.55 bits per heavy atom. The number of amides is 1. The zero-order valence-electron chi connectivity index (χ0n) is 6.01. The lowest BCUT2D eigenvalue weighted by Gasteiger charge is -2.08. The molecule has 0 saturated carbocycles. The average molecular weight is 180 g/mol. The Bertz CT molecular complexity index is 136. The first kappa shape index (κ1) is 8.77. The maximum Gasteiger partial charge on any atom is 0.235 e. The van der Waals surface area contributed by atoms with Gasteiger partial charge in [-0.25, -0.2) is 0 Å². The van der Waals surface area contributed by atoms with Crippen molar-refractivity contribution in [2.75, 3.05) is 25.6 Å². The van der Waals surface area contributed by atoms with E-state index in [1.54, 1.807) is 0 Å². The zero-order chi connectivity index (χ0) is 8.10. The normalized spacial score (nSPS) is 18.6. The summed E-state index contributed by atoms with van der Waals surface area (Å²) < 4.78 is 10.1. The summed E-state index contributed by atoms with van der Waals surface area (Å²) in [5.41, 5.74) is 0. The number of alkyl halides is 1. The fourth-order valence-electron chi connectivity index (χ4n) is 0.769. The van der Waals surface area contributed by atoms with E-state index >= 15 is 0 Å². The van der Waals surface area contributed by atoms with Gasteiger partial charge in [-0.15, -0.1) is 11.6 Å². The lowest BCUT2D eigenvalue weighted by atomic mass is 10.6. The molecule has 0 atom stereocenters. The van der Waals surface area contributed by atoms with E-state index in [2.05, 4.69) is 5.32 Å². The molecular weight excluding hydrogens is 170 g/mol.